The lowest BCUT2D eigenvalue weighted by Crippen LogP contribution is -2.34. The van der Waals surface area contributed by atoms with E-state index in [1.807, 2.05) is 49.4 Å². The van der Waals surface area contributed by atoms with E-state index >= 15 is 0 Å². The fourth-order valence-corrected chi connectivity index (χ4v) is 2.82. The summed E-state index contributed by atoms with van der Waals surface area (Å²) in [4.78, 5) is 36.0. The highest BCUT2D eigenvalue weighted by atomic mass is 16.6. The molecule has 0 unspecified atom stereocenters. The van der Waals surface area contributed by atoms with Crippen LogP contribution in [0.1, 0.15) is 43.9 Å². The Balaban J connectivity index is 1.77. The fourth-order valence-electron chi connectivity index (χ4n) is 2.82. The van der Waals surface area contributed by atoms with Gasteiger partial charge in [0.15, 0.2) is 0 Å². The summed E-state index contributed by atoms with van der Waals surface area (Å²) in [5.41, 5.74) is 3.02. The number of benzene rings is 2. The van der Waals surface area contributed by atoms with Crippen LogP contribution in [-0.2, 0) is 27.3 Å². The normalized spacial score (nSPS) is 10.8. The van der Waals surface area contributed by atoms with Crippen LogP contribution < -0.4 is 16.0 Å². The number of carbonyl (C=O) groups excluding carboxylic acids is 3. The van der Waals surface area contributed by atoms with E-state index in [1.54, 1.807) is 26.8 Å². The van der Waals surface area contributed by atoms with Gasteiger partial charge in [-0.05, 0) is 56.5 Å². The van der Waals surface area contributed by atoms with Gasteiger partial charge in [0.2, 0.25) is 11.8 Å². The predicted octanol–water partition coefficient (Wildman–Crippen LogP) is 3.71. The van der Waals surface area contributed by atoms with Crippen molar-refractivity contribution in [3.05, 3.63) is 65.2 Å². The van der Waals surface area contributed by atoms with Gasteiger partial charge < -0.3 is 20.7 Å². The Labute approximate surface area is 183 Å². The van der Waals surface area contributed by atoms with E-state index in [1.165, 1.54) is 0 Å². The summed E-state index contributed by atoms with van der Waals surface area (Å²) >= 11 is 0. The highest BCUT2D eigenvalue weighted by molar-refractivity contribution is 5.91. The zero-order chi connectivity index (χ0) is 22.9. The molecule has 3 N–H and O–H groups in total. The molecule has 0 bridgehead atoms. The Kier molecular flexibility index (Phi) is 8.61. The largest absolute Gasteiger partial charge is 0.444 e. The summed E-state index contributed by atoms with van der Waals surface area (Å²) in [5.74, 6) is -0.284. The molecule has 0 aliphatic heterocycles. The van der Waals surface area contributed by atoms with E-state index in [2.05, 4.69) is 16.0 Å². The number of hydrogen-bond acceptors (Lipinski definition) is 4. The van der Waals surface area contributed by atoms with Crippen molar-refractivity contribution in [1.82, 2.24) is 10.6 Å². The average molecular weight is 426 g/mol. The summed E-state index contributed by atoms with van der Waals surface area (Å²) in [6.45, 7) is 7.86. The third kappa shape index (κ3) is 9.33. The van der Waals surface area contributed by atoms with Crippen molar-refractivity contribution >= 4 is 23.6 Å². The maximum absolute atomic E-state index is 12.2. The second kappa shape index (κ2) is 11.2. The first kappa shape index (κ1) is 23.9. The average Bonchev–Trinajstić information content (AvgIpc) is 2.67. The van der Waals surface area contributed by atoms with E-state index < -0.39 is 11.7 Å². The third-order valence-corrected chi connectivity index (χ3v) is 4.33. The molecule has 0 fully saturated rings. The van der Waals surface area contributed by atoms with Crippen molar-refractivity contribution in [3.63, 3.8) is 0 Å². The van der Waals surface area contributed by atoms with Gasteiger partial charge in [0.25, 0.3) is 0 Å². The van der Waals surface area contributed by atoms with Crippen molar-refractivity contribution < 1.29 is 19.1 Å². The SMILES string of the molecule is Cc1ccccc1CC(=O)NCc1cccc(NC(=O)CCNC(=O)OC(C)(C)C)c1. The minimum Gasteiger partial charge on any atom is -0.444 e. The molecule has 0 heterocycles. The zero-order valence-electron chi connectivity index (χ0n) is 18.6. The molecule has 0 aliphatic carbocycles. The standard InChI is InChI=1S/C24H31N3O4/c1-17-8-5-6-10-19(17)15-22(29)26-16-18-9-7-11-20(14-18)27-21(28)12-13-25-23(30)31-24(2,3)4/h5-11,14H,12-13,15-16H2,1-4H3,(H,25,30)(H,26,29)(H,27,28). The molecule has 31 heavy (non-hydrogen) atoms. The lowest BCUT2D eigenvalue weighted by molar-refractivity contribution is -0.120. The molecule has 7 nitrogen and oxygen atoms in total. The number of hydrogen-bond donors (Lipinski definition) is 3. The number of amides is 3. The predicted molar refractivity (Wildman–Crippen MR) is 121 cm³/mol. The van der Waals surface area contributed by atoms with Gasteiger partial charge in [0, 0.05) is 25.2 Å². The van der Waals surface area contributed by atoms with E-state index in [0.717, 1.165) is 16.7 Å². The molecule has 0 atom stereocenters. The molecule has 2 rings (SSSR count). The van der Waals surface area contributed by atoms with Crippen LogP contribution >= 0.6 is 0 Å². The molecular weight excluding hydrogens is 394 g/mol. The van der Waals surface area contributed by atoms with Crippen molar-refractivity contribution in [2.75, 3.05) is 11.9 Å². The minimum absolute atomic E-state index is 0.0584. The van der Waals surface area contributed by atoms with Gasteiger partial charge in [0.05, 0.1) is 6.42 Å². The van der Waals surface area contributed by atoms with Gasteiger partial charge in [0.1, 0.15) is 5.60 Å². The van der Waals surface area contributed by atoms with Crippen LogP contribution in [0.25, 0.3) is 0 Å². The molecule has 2 aromatic carbocycles. The first-order valence-corrected chi connectivity index (χ1v) is 10.3. The van der Waals surface area contributed by atoms with Crippen LogP contribution in [0, 0.1) is 6.92 Å². The van der Waals surface area contributed by atoms with Crippen molar-refractivity contribution in [3.8, 4) is 0 Å². The Morgan fingerprint density at radius 3 is 2.39 bits per heavy atom. The molecule has 0 radical (unpaired) electrons. The van der Waals surface area contributed by atoms with Crippen molar-refractivity contribution in [2.24, 2.45) is 0 Å². The monoisotopic (exact) mass is 425 g/mol. The molecule has 2 aromatic rings. The van der Waals surface area contributed by atoms with E-state index in [4.69, 9.17) is 4.74 Å². The molecule has 0 spiro atoms. The summed E-state index contributed by atoms with van der Waals surface area (Å²) in [6, 6.07) is 15.1. The Morgan fingerprint density at radius 2 is 1.68 bits per heavy atom. The van der Waals surface area contributed by atoms with Gasteiger partial charge in [-0.15, -0.1) is 0 Å². The first-order valence-electron chi connectivity index (χ1n) is 10.3. The molecule has 166 valence electrons. The molecule has 7 heteroatoms. The third-order valence-electron chi connectivity index (χ3n) is 4.33. The number of aryl methyl sites for hydroxylation is 1. The lowest BCUT2D eigenvalue weighted by atomic mass is 10.1. The van der Waals surface area contributed by atoms with Crippen molar-refractivity contribution in [1.29, 1.82) is 0 Å². The first-order chi connectivity index (χ1) is 14.6. The second-order valence-electron chi connectivity index (χ2n) is 8.31. The summed E-state index contributed by atoms with van der Waals surface area (Å²) in [7, 11) is 0. The summed E-state index contributed by atoms with van der Waals surface area (Å²) in [6.07, 6.45) is -0.103. The number of rotatable bonds is 8. The molecule has 0 aliphatic rings. The van der Waals surface area contributed by atoms with Crippen LogP contribution in [0.5, 0.6) is 0 Å². The highest BCUT2D eigenvalue weighted by Gasteiger charge is 2.16. The van der Waals surface area contributed by atoms with E-state index in [-0.39, 0.29) is 24.8 Å². The molecular formula is C24H31N3O4. The van der Waals surface area contributed by atoms with Crippen LogP contribution in [-0.4, -0.2) is 30.1 Å². The number of carbonyl (C=O) groups is 3. The minimum atomic E-state index is -0.581. The van der Waals surface area contributed by atoms with Crippen LogP contribution in [0.2, 0.25) is 0 Å². The summed E-state index contributed by atoms with van der Waals surface area (Å²) in [5, 5.41) is 8.26. The summed E-state index contributed by atoms with van der Waals surface area (Å²) < 4.78 is 5.13. The topological polar surface area (TPSA) is 96.5 Å². The smallest absolute Gasteiger partial charge is 0.407 e. The fraction of sp³-hybridized carbons (Fsp3) is 0.375. The maximum atomic E-state index is 12.2. The molecule has 0 saturated carbocycles. The number of ether oxygens (including phenoxy) is 1. The number of anilines is 1. The lowest BCUT2D eigenvalue weighted by Gasteiger charge is -2.19. The second-order valence-corrected chi connectivity index (χ2v) is 8.31. The van der Waals surface area contributed by atoms with Crippen LogP contribution in [0.15, 0.2) is 48.5 Å². The Hall–Kier alpha value is -3.35. The van der Waals surface area contributed by atoms with Crippen LogP contribution in [0.3, 0.4) is 0 Å². The number of nitrogens with one attached hydrogen (secondary N) is 3. The maximum Gasteiger partial charge on any atom is 0.407 e. The van der Waals surface area contributed by atoms with Gasteiger partial charge in [-0.25, -0.2) is 4.79 Å². The Morgan fingerprint density at radius 1 is 0.935 bits per heavy atom. The van der Waals surface area contributed by atoms with Gasteiger partial charge in [-0.2, -0.15) is 0 Å². The van der Waals surface area contributed by atoms with Gasteiger partial charge in [-0.3, -0.25) is 9.59 Å². The molecule has 0 aromatic heterocycles. The Bertz CT molecular complexity index is 919. The van der Waals surface area contributed by atoms with Crippen LogP contribution in [0.4, 0.5) is 10.5 Å². The zero-order valence-corrected chi connectivity index (χ0v) is 18.6. The molecule has 0 saturated heterocycles. The highest BCUT2D eigenvalue weighted by Crippen LogP contribution is 2.12. The van der Waals surface area contributed by atoms with E-state index in [0.29, 0.717) is 18.7 Å². The molecule has 3 amide bonds. The van der Waals surface area contributed by atoms with Gasteiger partial charge in [-0.1, -0.05) is 36.4 Å². The van der Waals surface area contributed by atoms with Gasteiger partial charge >= 0.3 is 6.09 Å². The van der Waals surface area contributed by atoms with Crippen molar-refractivity contribution in [2.45, 2.75) is 52.7 Å². The number of alkyl carbamates (subject to hydrolysis) is 1. The quantitative estimate of drug-likeness (QED) is 0.601. The van der Waals surface area contributed by atoms with E-state index in [9.17, 15) is 14.4 Å².